The van der Waals surface area contributed by atoms with Crippen molar-refractivity contribution in [3.05, 3.63) is 23.8 Å². The summed E-state index contributed by atoms with van der Waals surface area (Å²) in [7, 11) is 3.37. The molecule has 0 radical (unpaired) electrons. The normalized spacial score (nSPS) is 16.7. The van der Waals surface area contributed by atoms with Crippen molar-refractivity contribution in [2.75, 3.05) is 39.1 Å². The fraction of sp³-hybridized carbons (Fsp3) is 0.556. The van der Waals surface area contributed by atoms with Gasteiger partial charge in [0.1, 0.15) is 5.75 Å². The van der Waals surface area contributed by atoms with E-state index in [4.69, 9.17) is 4.74 Å². The molecule has 0 aromatic heterocycles. The van der Waals surface area contributed by atoms with Gasteiger partial charge in [0, 0.05) is 20.5 Å². The third-order valence-electron chi connectivity index (χ3n) is 4.20. The summed E-state index contributed by atoms with van der Waals surface area (Å²) in [5.41, 5.74) is 1.62. The van der Waals surface area contributed by atoms with Crippen LogP contribution in [0.5, 0.6) is 5.75 Å². The summed E-state index contributed by atoms with van der Waals surface area (Å²) in [5, 5.41) is 6.22. The van der Waals surface area contributed by atoms with Crippen molar-refractivity contribution in [2.45, 2.75) is 26.2 Å². The number of benzene rings is 1. The molecule has 2 N–H and O–H groups in total. The molecular weight excluding hydrogens is 306 g/mol. The van der Waals surface area contributed by atoms with Crippen LogP contribution in [0, 0.1) is 12.8 Å². The van der Waals surface area contributed by atoms with Crippen molar-refractivity contribution in [3.63, 3.8) is 0 Å². The lowest BCUT2D eigenvalue weighted by molar-refractivity contribution is -0.130. The molecule has 132 valence electrons. The number of carbonyl (C=O) groups is 2. The van der Waals surface area contributed by atoms with Gasteiger partial charge < -0.3 is 20.3 Å². The number of aryl methyl sites for hydroxylation is 1. The molecule has 1 aliphatic heterocycles. The average Bonchev–Trinajstić information content (AvgIpc) is 3.06. The van der Waals surface area contributed by atoms with Gasteiger partial charge in [0.2, 0.25) is 5.91 Å². The second-order valence-electron chi connectivity index (χ2n) is 6.52. The highest BCUT2D eigenvalue weighted by atomic mass is 16.5. The Morgan fingerprint density at radius 3 is 2.83 bits per heavy atom. The number of hydrogen-bond acceptors (Lipinski definition) is 4. The van der Waals surface area contributed by atoms with Crippen LogP contribution < -0.4 is 15.4 Å². The number of nitrogens with one attached hydrogen (secondary N) is 2. The van der Waals surface area contributed by atoms with Crippen molar-refractivity contribution >= 4 is 17.5 Å². The van der Waals surface area contributed by atoms with Gasteiger partial charge in [0.05, 0.1) is 5.69 Å². The zero-order valence-corrected chi connectivity index (χ0v) is 14.7. The molecule has 6 heteroatoms. The van der Waals surface area contributed by atoms with Gasteiger partial charge in [-0.15, -0.1) is 0 Å². The third kappa shape index (κ3) is 5.53. The molecule has 1 saturated heterocycles. The second kappa shape index (κ2) is 8.68. The van der Waals surface area contributed by atoms with Crippen molar-refractivity contribution in [1.82, 2.24) is 10.2 Å². The topological polar surface area (TPSA) is 70.7 Å². The number of likely N-dealkylation sites (N-methyl/N-ethyl adjacent to an activating group) is 1. The zero-order valence-electron chi connectivity index (χ0n) is 14.7. The van der Waals surface area contributed by atoms with Crippen molar-refractivity contribution < 1.29 is 14.3 Å². The van der Waals surface area contributed by atoms with Gasteiger partial charge in [-0.2, -0.15) is 0 Å². The van der Waals surface area contributed by atoms with E-state index in [0.717, 1.165) is 31.5 Å². The maximum Gasteiger partial charge on any atom is 0.259 e. The lowest BCUT2D eigenvalue weighted by Gasteiger charge is -2.15. The molecular formula is C18H27N3O3. The zero-order chi connectivity index (χ0) is 17.5. The summed E-state index contributed by atoms with van der Waals surface area (Å²) >= 11 is 0. The number of nitrogens with zero attached hydrogens (tertiary/aromatic N) is 1. The van der Waals surface area contributed by atoms with Crippen LogP contribution in [0.3, 0.4) is 0 Å². The standard InChI is InChI=1S/C18H27N3O3/c1-13-4-6-15(16(10-13)24-12-18(23)21(2)3)20-17(22)7-5-14-8-9-19-11-14/h4,6,10,14,19H,5,7-9,11-12H2,1-3H3,(H,20,22). The molecule has 1 fully saturated rings. The predicted molar refractivity (Wildman–Crippen MR) is 94.2 cm³/mol. The Morgan fingerprint density at radius 2 is 2.17 bits per heavy atom. The Balaban J connectivity index is 1.92. The van der Waals surface area contributed by atoms with Gasteiger partial charge in [-0.3, -0.25) is 9.59 Å². The van der Waals surface area contributed by atoms with E-state index in [-0.39, 0.29) is 18.4 Å². The van der Waals surface area contributed by atoms with Gasteiger partial charge in [-0.25, -0.2) is 0 Å². The number of rotatable bonds is 7. The minimum absolute atomic E-state index is 0.0189. The first-order chi connectivity index (χ1) is 11.5. The predicted octanol–water partition coefficient (Wildman–Crippen LogP) is 1.79. The first-order valence-electron chi connectivity index (χ1n) is 8.40. The van der Waals surface area contributed by atoms with Crippen LogP contribution in [0.1, 0.15) is 24.8 Å². The van der Waals surface area contributed by atoms with Crippen LogP contribution in [0.25, 0.3) is 0 Å². The van der Waals surface area contributed by atoms with Crippen LogP contribution >= 0.6 is 0 Å². The Kier molecular flexibility index (Phi) is 6.61. The monoisotopic (exact) mass is 333 g/mol. The highest BCUT2D eigenvalue weighted by molar-refractivity contribution is 5.92. The van der Waals surface area contributed by atoms with Crippen LogP contribution in [-0.4, -0.2) is 50.5 Å². The van der Waals surface area contributed by atoms with E-state index in [1.54, 1.807) is 14.1 Å². The summed E-state index contributed by atoms with van der Waals surface area (Å²) < 4.78 is 5.60. The summed E-state index contributed by atoms with van der Waals surface area (Å²) in [5.74, 6) is 0.973. The van der Waals surface area contributed by atoms with E-state index >= 15 is 0 Å². The summed E-state index contributed by atoms with van der Waals surface area (Å²) in [6.45, 7) is 3.94. The van der Waals surface area contributed by atoms with Crippen molar-refractivity contribution in [3.8, 4) is 5.75 Å². The van der Waals surface area contributed by atoms with E-state index < -0.39 is 0 Å². The number of hydrogen-bond donors (Lipinski definition) is 2. The second-order valence-corrected chi connectivity index (χ2v) is 6.52. The van der Waals surface area contributed by atoms with E-state index in [9.17, 15) is 9.59 Å². The molecule has 2 rings (SSSR count). The molecule has 1 aromatic carbocycles. The van der Waals surface area contributed by atoms with Gasteiger partial charge in [-0.05, 0) is 56.5 Å². The Morgan fingerprint density at radius 1 is 1.38 bits per heavy atom. The third-order valence-corrected chi connectivity index (χ3v) is 4.20. The molecule has 1 atom stereocenters. The van der Waals surface area contributed by atoms with Crippen molar-refractivity contribution in [1.29, 1.82) is 0 Å². The van der Waals surface area contributed by atoms with Gasteiger partial charge in [0.15, 0.2) is 6.61 Å². The summed E-state index contributed by atoms with van der Waals surface area (Å²) in [4.78, 5) is 25.4. The maximum atomic E-state index is 12.2. The molecule has 0 aliphatic carbocycles. The first kappa shape index (κ1) is 18.3. The molecule has 2 amide bonds. The molecule has 0 bridgehead atoms. The maximum absolute atomic E-state index is 12.2. The average molecular weight is 333 g/mol. The summed E-state index contributed by atoms with van der Waals surface area (Å²) in [6.07, 6.45) is 2.52. The minimum Gasteiger partial charge on any atom is -0.482 e. The highest BCUT2D eigenvalue weighted by Crippen LogP contribution is 2.26. The van der Waals surface area contributed by atoms with Gasteiger partial charge >= 0.3 is 0 Å². The molecule has 6 nitrogen and oxygen atoms in total. The van der Waals surface area contributed by atoms with Gasteiger partial charge in [0.25, 0.3) is 5.91 Å². The minimum atomic E-state index is -0.123. The Bertz CT molecular complexity index is 581. The van der Waals surface area contributed by atoms with E-state index in [1.165, 1.54) is 4.90 Å². The quantitative estimate of drug-likeness (QED) is 0.798. The summed E-state index contributed by atoms with van der Waals surface area (Å²) in [6, 6.07) is 5.57. The van der Waals surface area contributed by atoms with E-state index in [0.29, 0.717) is 23.8 Å². The highest BCUT2D eigenvalue weighted by Gasteiger charge is 2.16. The Hall–Kier alpha value is -2.08. The van der Waals surface area contributed by atoms with Crippen LogP contribution in [-0.2, 0) is 9.59 Å². The lowest BCUT2D eigenvalue weighted by atomic mass is 10.0. The van der Waals surface area contributed by atoms with E-state index in [1.807, 2.05) is 25.1 Å². The SMILES string of the molecule is Cc1ccc(NC(=O)CCC2CCNC2)c(OCC(=O)N(C)C)c1. The van der Waals surface area contributed by atoms with Crippen LogP contribution in [0.4, 0.5) is 5.69 Å². The molecule has 1 heterocycles. The number of amides is 2. The molecule has 0 spiro atoms. The molecule has 24 heavy (non-hydrogen) atoms. The number of anilines is 1. The number of ether oxygens (including phenoxy) is 1. The van der Waals surface area contributed by atoms with Gasteiger partial charge in [-0.1, -0.05) is 6.07 Å². The molecule has 1 unspecified atom stereocenters. The molecule has 1 aliphatic rings. The number of carbonyl (C=O) groups excluding carboxylic acids is 2. The fourth-order valence-corrected chi connectivity index (χ4v) is 2.63. The first-order valence-corrected chi connectivity index (χ1v) is 8.40. The van der Waals surface area contributed by atoms with E-state index in [2.05, 4.69) is 10.6 Å². The lowest BCUT2D eigenvalue weighted by Crippen LogP contribution is -2.27. The van der Waals surface area contributed by atoms with Crippen LogP contribution in [0.2, 0.25) is 0 Å². The fourth-order valence-electron chi connectivity index (χ4n) is 2.63. The van der Waals surface area contributed by atoms with Crippen LogP contribution in [0.15, 0.2) is 18.2 Å². The molecule has 0 saturated carbocycles. The smallest absolute Gasteiger partial charge is 0.259 e. The molecule has 1 aromatic rings. The Labute approximate surface area is 143 Å². The van der Waals surface area contributed by atoms with Crippen molar-refractivity contribution in [2.24, 2.45) is 5.92 Å². The largest absolute Gasteiger partial charge is 0.482 e.